The van der Waals surface area contributed by atoms with Crippen LogP contribution >= 0.6 is 0 Å². The van der Waals surface area contributed by atoms with Crippen molar-refractivity contribution in [3.8, 4) is 5.75 Å². The van der Waals surface area contributed by atoms with E-state index in [0.717, 1.165) is 6.07 Å². The zero-order valence-corrected chi connectivity index (χ0v) is 8.91. The number of carboxylic acid groups (broad SMARTS) is 1. The van der Waals surface area contributed by atoms with Gasteiger partial charge >= 0.3 is 5.97 Å². The smallest absolute Gasteiger partial charge is 0.337 e. The normalized spacial score (nSPS) is 10.0. The standard InChI is InChI=1S/C10H8N4O4/c15-5-1-2-7(6(3-5)10(17)18)12-9(16)8-4-11-14-13-8/h1-4,15H,(H,12,16)(H,17,18)(H,11,13,14). The van der Waals surface area contributed by atoms with Crippen LogP contribution in [0.2, 0.25) is 0 Å². The van der Waals surface area contributed by atoms with Crippen LogP contribution in [0.15, 0.2) is 24.4 Å². The van der Waals surface area contributed by atoms with E-state index in [4.69, 9.17) is 5.11 Å². The van der Waals surface area contributed by atoms with E-state index in [9.17, 15) is 14.7 Å². The van der Waals surface area contributed by atoms with Gasteiger partial charge in [0, 0.05) is 0 Å². The van der Waals surface area contributed by atoms with Gasteiger partial charge in [-0.3, -0.25) is 4.79 Å². The van der Waals surface area contributed by atoms with Gasteiger partial charge in [0.2, 0.25) is 0 Å². The summed E-state index contributed by atoms with van der Waals surface area (Å²) in [6.07, 6.45) is 1.20. The van der Waals surface area contributed by atoms with E-state index in [1.54, 1.807) is 0 Å². The molecular weight excluding hydrogens is 240 g/mol. The number of carboxylic acids is 1. The van der Waals surface area contributed by atoms with Crippen molar-refractivity contribution in [3.63, 3.8) is 0 Å². The average Bonchev–Trinajstić information content (AvgIpc) is 2.84. The van der Waals surface area contributed by atoms with Crippen molar-refractivity contribution in [2.24, 2.45) is 0 Å². The molecule has 0 unspecified atom stereocenters. The Bertz CT molecular complexity index is 594. The number of carbonyl (C=O) groups excluding carboxylic acids is 1. The highest BCUT2D eigenvalue weighted by molar-refractivity contribution is 6.06. The molecule has 2 aromatic rings. The number of carbonyl (C=O) groups is 2. The first kappa shape index (κ1) is 11.6. The fourth-order valence-corrected chi connectivity index (χ4v) is 1.32. The van der Waals surface area contributed by atoms with Gasteiger partial charge in [-0.25, -0.2) is 4.79 Å². The minimum atomic E-state index is -1.26. The number of H-pyrrole nitrogens is 1. The van der Waals surface area contributed by atoms with Gasteiger partial charge in [0.05, 0.1) is 17.4 Å². The quantitative estimate of drug-likeness (QED) is 0.584. The van der Waals surface area contributed by atoms with E-state index >= 15 is 0 Å². The van der Waals surface area contributed by atoms with Crippen molar-refractivity contribution in [2.75, 3.05) is 5.32 Å². The molecule has 0 aliphatic heterocycles. The second-order valence-electron chi connectivity index (χ2n) is 3.34. The first-order valence-corrected chi connectivity index (χ1v) is 4.81. The summed E-state index contributed by atoms with van der Waals surface area (Å²) in [5, 5.41) is 29.8. The van der Waals surface area contributed by atoms with Crippen LogP contribution in [-0.4, -0.2) is 37.5 Å². The molecule has 2 rings (SSSR count). The summed E-state index contributed by atoms with van der Waals surface area (Å²) in [6, 6.07) is 3.60. The Hall–Kier alpha value is -2.90. The maximum atomic E-state index is 11.6. The number of hydrogen-bond donors (Lipinski definition) is 4. The van der Waals surface area contributed by atoms with Gasteiger partial charge < -0.3 is 15.5 Å². The van der Waals surface area contributed by atoms with Crippen molar-refractivity contribution in [3.05, 3.63) is 35.7 Å². The van der Waals surface area contributed by atoms with Gasteiger partial charge in [0.25, 0.3) is 5.91 Å². The summed E-state index contributed by atoms with van der Waals surface area (Å²) >= 11 is 0. The highest BCUT2D eigenvalue weighted by Gasteiger charge is 2.15. The minimum Gasteiger partial charge on any atom is -0.508 e. The fraction of sp³-hybridized carbons (Fsp3) is 0. The number of aromatic nitrogens is 3. The first-order valence-electron chi connectivity index (χ1n) is 4.81. The lowest BCUT2D eigenvalue weighted by Crippen LogP contribution is -2.15. The number of phenolic OH excluding ortho intramolecular Hbond substituents is 1. The van der Waals surface area contributed by atoms with Crippen LogP contribution in [0.4, 0.5) is 5.69 Å². The Kier molecular flexibility index (Phi) is 2.92. The molecule has 8 heteroatoms. The van der Waals surface area contributed by atoms with Gasteiger partial charge in [-0.1, -0.05) is 0 Å². The molecule has 0 aliphatic carbocycles. The third-order valence-corrected chi connectivity index (χ3v) is 2.13. The van der Waals surface area contributed by atoms with E-state index in [0.29, 0.717) is 0 Å². The van der Waals surface area contributed by atoms with Gasteiger partial charge in [-0.05, 0) is 18.2 Å². The van der Waals surface area contributed by atoms with Crippen LogP contribution in [0.25, 0.3) is 0 Å². The van der Waals surface area contributed by atoms with E-state index in [2.05, 4.69) is 20.7 Å². The third kappa shape index (κ3) is 2.26. The number of hydrogen-bond acceptors (Lipinski definition) is 5. The molecule has 0 aliphatic rings. The fourth-order valence-electron chi connectivity index (χ4n) is 1.32. The molecule has 1 aromatic carbocycles. The molecule has 0 fully saturated rings. The molecule has 1 heterocycles. The van der Waals surface area contributed by atoms with Crippen molar-refractivity contribution in [2.45, 2.75) is 0 Å². The third-order valence-electron chi connectivity index (χ3n) is 2.13. The van der Waals surface area contributed by atoms with Gasteiger partial charge in [-0.2, -0.15) is 15.4 Å². The Morgan fingerprint density at radius 3 is 2.72 bits per heavy atom. The zero-order valence-electron chi connectivity index (χ0n) is 8.91. The molecule has 8 nitrogen and oxygen atoms in total. The van der Waals surface area contributed by atoms with Crippen molar-refractivity contribution in [1.82, 2.24) is 15.4 Å². The minimum absolute atomic E-state index is 0.0272. The van der Waals surface area contributed by atoms with Crippen molar-refractivity contribution < 1.29 is 19.8 Å². The molecule has 1 amide bonds. The molecule has 0 saturated heterocycles. The highest BCUT2D eigenvalue weighted by Crippen LogP contribution is 2.21. The predicted molar refractivity (Wildman–Crippen MR) is 59.4 cm³/mol. The topological polar surface area (TPSA) is 128 Å². The molecule has 92 valence electrons. The molecular formula is C10H8N4O4. The zero-order chi connectivity index (χ0) is 13.1. The van der Waals surface area contributed by atoms with Crippen LogP contribution in [0.1, 0.15) is 20.8 Å². The van der Waals surface area contributed by atoms with Gasteiger partial charge in [0.1, 0.15) is 5.75 Å². The average molecular weight is 248 g/mol. The number of benzene rings is 1. The maximum Gasteiger partial charge on any atom is 0.337 e. The summed E-state index contributed by atoms with van der Waals surface area (Å²) in [4.78, 5) is 22.6. The second-order valence-corrected chi connectivity index (χ2v) is 3.34. The van der Waals surface area contributed by atoms with Crippen LogP contribution in [0, 0.1) is 0 Å². The van der Waals surface area contributed by atoms with E-state index in [1.165, 1.54) is 18.3 Å². The number of aromatic hydroxyl groups is 1. The lowest BCUT2D eigenvalue weighted by atomic mass is 10.1. The summed E-state index contributed by atoms with van der Waals surface area (Å²) < 4.78 is 0. The van der Waals surface area contributed by atoms with Crippen LogP contribution < -0.4 is 5.32 Å². The first-order chi connectivity index (χ1) is 8.58. The number of nitrogens with zero attached hydrogens (tertiary/aromatic N) is 2. The number of nitrogens with one attached hydrogen (secondary N) is 2. The SMILES string of the molecule is O=C(Nc1ccc(O)cc1C(=O)O)c1cn[nH]n1. The van der Waals surface area contributed by atoms with Crippen molar-refractivity contribution >= 4 is 17.6 Å². The van der Waals surface area contributed by atoms with Crippen molar-refractivity contribution in [1.29, 1.82) is 0 Å². The Labute approximate surface area is 100 Å². The number of phenols is 1. The molecule has 4 N–H and O–H groups in total. The Morgan fingerprint density at radius 1 is 1.33 bits per heavy atom. The van der Waals surface area contributed by atoms with Crippen LogP contribution in [0.5, 0.6) is 5.75 Å². The van der Waals surface area contributed by atoms with Crippen LogP contribution in [-0.2, 0) is 0 Å². The monoisotopic (exact) mass is 248 g/mol. The Balaban J connectivity index is 2.29. The number of anilines is 1. The summed E-state index contributed by atoms with van der Waals surface area (Å²) in [5.74, 6) is -2.06. The van der Waals surface area contributed by atoms with E-state index in [1.807, 2.05) is 0 Å². The maximum absolute atomic E-state index is 11.6. The summed E-state index contributed by atoms with van der Waals surface area (Å²) in [6.45, 7) is 0. The highest BCUT2D eigenvalue weighted by atomic mass is 16.4. The molecule has 0 saturated carbocycles. The lowest BCUT2D eigenvalue weighted by Gasteiger charge is -2.07. The molecule has 0 bridgehead atoms. The number of aromatic amines is 1. The van der Waals surface area contributed by atoms with Crippen LogP contribution in [0.3, 0.4) is 0 Å². The second kappa shape index (κ2) is 4.53. The van der Waals surface area contributed by atoms with Gasteiger partial charge in [-0.15, -0.1) is 0 Å². The number of amides is 1. The largest absolute Gasteiger partial charge is 0.508 e. The van der Waals surface area contributed by atoms with Gasteiger partial charge in [0.15, 0.2) is 5.69 Å². The predicted octanol–water partition coefficient (Wildman–Crippen LogP) is 0.461. The van der Waals surface area contributed by atoms with E-state index in [-0.39, 0.29) is 22.7 Å². The van der Waals surface area contributed by atoms with E-state index < -0.39 is 11.9 Å². The molecule has 0 radical (unpaired) electrons. The number of rotatable bonds is 3. The number of aromatic carboxylic acids is 1. The molecule has 0 spiro atoms. The molecule has 0 atom stereocenters. The lowest BCUT2D eigenvalue weighted by molar-refractivity contribution is 0.0697. The molecule has 18 heavy (non-hydrogen) atoms. The Morgan fingerprint density at radius 2 is 2.11 bits per heavy atom. The summed E-state index contributed by atoms with van der Waals surface area (Å²) in [5.41, 5.74) is -0.125. The molecule has 1 aromatic heterocycles. The summed E-state index contributed by atoms with van der Waals surface area (Å²) in [7, 11) is 0.